The molecule has 1 aromatic heterocycles. The third-order valence-electron chi connectivity index (χ3n) is 6.76. The summed E-state index contributed by atoms with van der Waals surface area (Å²) in [5, 5.41) is 6.36. The van der Waals surface area contributed by atoms with E-state index in [1.165, 1.54) is 0 Å². The number of ether oxygens (including phenoxy) is 1. The van der Waals surface area contributed by atoms with Gasteiger partial charge < -0.3 is 30.1 Å². The van der Waals surface area contributed by atoms with E-state index in [-0.39, 0.29) is 23.7 Å². The van der Waals surface area contributed by atoms with Crippen LogP contribution in [-0.2, 0) is 4.79 Å². The van der Waals surface area contributed by atoms with Crippen LogP contribution in [0.25, 0.3) is 0 Å². The second-order valence-corrected chi connectivity index (χ2v) is 9.56. The van der Waals surface area contributed by atoms with Crippen LogP contribution < -0.4 is 20.3 Å². The van der Waals surface area contributed by atoms with Crippen LogP contribution in [0.2, 0.25) is 0 Å². The van der Waals surface area contributed by atoms with Gasteiger partial charge in [-0.3, -0.25) is 9.59 Å². The molecule has 3 heterocycles. The molecule has 0 bridgehead atoms. The predicted molar refractivity (Wildman–Crippen MR) is 141 cm³/mol. The average Bonchev–Trinajstić information content (AvgIpc) is 2.90. The first-order valence-electron chi connectivity index (χ1n) is 12.2. The number of aromatic nitrogens is 2. The molecule has 4 rings (SSSR count). The van der Waals surface area contributed by atoms with Gasteiger partial charge in [-0.25, -0.2) is 4.98 Å². The number of nitrogens with one attached hydrogen (secondary N) is 2. The van der Waals surface area contributed by atoms with Crippen molar-refractivity contribution in [2.75, 3.05) is 69.5 Å². The molecule has 0 radical (unpaired) electrons. The smallest absolute Gasteiger partial charge is 0.251 e. The van der Waals surface area contributed by atoms with Crippen LogP contribution in [-0.4, -0.2) is 96.9 Å². The van der Waals surface area contributed by atoms with E-state index >= 15 is 0 Å². The van der Waals surface area contributed by atoms with Crippen LogP contribution in [0.4, 0.5) is 17.5 Å². The molecule has 2 fully saturated rings. The van der Waals surface area contributed by atoms with Crippen LogP contribution in [0, 0.1) is 6.92 Å². The molecule has 0 atom stereocenters. The van der Waals surface area contributed by atoms with Crippen molar-refractivity contribution in [3.63, 3.8) is 0 Å². The van der Waals surface area contributed by atoms with Crippen molar-refractivity contribution in [1.29, 1.82) is 0 Å². The minimum absolute atomic E-state index is 0.00106. The standard InChI is InChI=1S/C25H34ClN7O3/c1-17-16-27-25(30-23(17)33-12-10-32(11-13-33)22(34)15-26)29-20-5-4-18(14-21(20)36-3)24(35)28-19-6-8-31(2)9-7-19/h4-5,14,16,19H,6-13,15H2,1-3H3,(H,28,35)(H,27,29,30). The first kappa shape index (κ1) is 26.0. The van der Waals surface area contributed by atoms with E-state index in [1.807, 2.05) is 13.0 Å². The summed E-state index contributed by atoms with van der Waals surface area (Å²) in [6, 6.07) is 5.50. The van der Waals surface area contributed by atoms with Crippen molar-refractivity contribution in [3.8, 4) is 5.75 Å². The van der Waals surface area contributed by atoms with E-state index in [2.05, 4.69) is 32.5 Å². The van der Waals surface area contributed by atoms with Crippen LogP contribution in [0.1, 0.15) is 28.8 Å². The molecular weight excluding hydrogens is 482 g/mol. The highest BCUT2D eigenvalue weighted by molar-refractivity contribution is 6.27. The highest BCUT2D eigenvalue weighted by Crippen LogP contribution is 2.29. The van der Waals surface area contributed by atoms with E-state index in [4.69, 9.17) is 21.3 Å². The van der Waals surface area contributed by atoms with Gasteiger partial charge in [-0.05, 0) is 58.1 Å². The Morgan fingerprint density at radius 3 is 2.53 bits per heavy atom. The van der Waals surface area contributed by atoms with E-state index in [1.54, 1.807) is 30.3 Å². The first-order chi connectivity index (χ1) is 17.4. The Morgan fingerprint density at radius 2 is 1.86 bits per heavy atom. The predicted octanol–water partition coefficient (Wildman–Crippen LogP) is 2.25. The number of piperazine rings is 1. The SMILES string of the molecule is COc1cc(C(=O)NC2CCN(C)CC2)ccc1Nc1ncc(C)c(N2CCN(C(=O)CCl)CC2)n1. The minimum Gasteiger partial charge on any atom is -0.495 e. The molecule has 11 heteroatoms. The Kier molecular flexibility index (Phi) is 8.48. The number of likely N-dealkylation sites (tertiary alicyclic amines) is 1. The molecule has 2 N–H and O–H groups in total. The maximum Gasteiger partial charge on any atom is 0.251 e. The summed E-state index contributed by atoms with van der Waals surface area (Å²) in [5.41, 5.74) is 2.16. The molecular formula is C25H34ClN7O3. The van der Waals surface area contributed by atoms with Gasteiger partial charge in [0.05, 0.1) is 12.8 Å². The Hall–Kier alpha value is -3.11. The molecule has 0 unspecified atom stereocenters. The fraction of sp³-hybridized carbons (Fsp3) is 0.520. The summed E-state index contributed by atoms with van der Waals surface area (Å²) in [4.78, 5) is 40.0. The lowest BCUT2D eigenvalue weighted by atomic mass is 10.0. The number of anilines is 3. The van der Waals surface area contributed by atoms with Crippen molar-refractivity contribution >= 4 is 40.9 Å². The van der Waals surface area contributed by atoms with E-state index in [0.29, 0.717) is 49.1 Å². The van der Waals surface area contributed by atoms with E-state index < -0.39 is 0 Å². The Morgan fingerprint density at radius 1 is 1.14 bits per heavy atom. The van der Waals surface area contributed by atoms with E-state index in [9.17, 15) is 9.59 Å². The molecule has 36 heavy (non-hydrogen) atoms. The minimum atomic E-state index is -0.102. The second kappa shape index (κ2) is 11.7. The molecule has 0 spiro atoms. The van der Waals surface area contributed by atoms with Crippen molar-refractivity contribution in [2.24, 2.45) is 0 Å². The number of hydrogen-bond donors (Lipinski definition) is 2. The van der Waals surface area contributed by atoms with Crippen LogP contribution in [0.3, 0.4) is 0 Å². The van der Waals surface area contributed by atoms with Gasteiger partial charge in [0.15, 0.2) is 0 Å². The zero-order chi connectivity index (χ0) is 25.7. The zero-order valence-corrected chi connectivity index (χ0v) is 21.8. The van der Waals surface area contributed by atoms with Gasteiger partial charge in [0.25, 0.3) is 5.91 Å². The number of piperidine rings is 1. The largest absolute Gasteiger partial charge is 0.495 e. The Bertz CT molecular complexity index is 1080. The number of rotatable bonds is 7. The quantitative estimate of drug-likeness (QED) is 0.541. The number of aryl methyl sites for hydroxylation is 1. The van der Waals surface area contributed by atoms with Crippen molar-refractivity contribution in [3.05, 3.63) is 35.5 Å². The zero-order valence-electron chi connectivity index (χ0n) is 21.1. The molecule has 10 nitrogen and oxygen atoms in total. The molecule has 2 aromatic rings. The molecule has 0 saturated carbocycles. The lowest BCUT2D eigenvalue weighted by Crippen LogP contribution is -2.49. The maximum atomic E-state index is 12.8. The van der Waals surface area contributed by atoms with Crippen LogP contribution in [0.15, 0.2) is 24.4 Å². The fourth-order valence-electron chi connectivity index (χ4n) is 4.54. The molecule has 194 valence electrons. The van der Waals surface area contributed by atoms with Crippen molar-refractivity contribution in [1.82, 2.24) is 25.1 Å². The number of halogens is 1. The summed E-state index contributed by atoms with van der Waals surface area (Å²) in [5.74, 6) is 1.63. The van der Waals surface area contributed by atoms with Gasteiger partial charge in [-0.15, -0.1) is 11.6 Å². The van der Waals surface area contributed by atoms with Crippen LogP contribution in [0.5, 0.6) is 5.75 Å². The normalized spacial score (nSPS) is 17.1. The topological polar surface area (TPSA) is 103 Å². The van der Waals surface area contributed by atoms with Gasteiger partial charge in [-0.1, -0.05) is 0 Å². The number of alkyl halides is 1. The highest BCUT2D eigenvalue weighted by Gasteiger charge is 2.23. The summed E-state index contributed by atoms with van der Waals surface area (Å²) < 4.78 is 5.56. The highest BCUT2D eigenvalue weighted by atomic mass is 35.5. The number of carbonyl (C=O) groups is 2. The van der Waals surface area contributed by atoms with Gasteiger partial charge in [-0.2, -0.15) is 4.98 Å². The van der Waals surface area contributed by atoms with E-state index in [0.717, 1.165) is 37.3 Å². The van der Waals surface area contributed by atoms with Gasteiger partial charge in [0.2, 0.25) is 11.9 Å². The van der Waals surface area contributed by atoms with Gasteiger partial charge >= 0.3 is 0 Å². The molecule has 2 saturated heterocycles. The second-order valence-electron chi connectivity index (χ2n) is 9.29. The first-order valence-corrected chi connectivity index (χ1v) is 12.8. The van der Waals surface area contributed by atoms with Gasteiger partial charge in [0, 0.05) is 49.5 Å². The third-order valence-corrected chi connectivity index (χ3v) is 6.98. The Labute approximate surface area is 217 Å². The number of hydrogen-bond acceptors (Lipinski definition) is 8. The number of nitrogens with zero attached hydrogens (tertiary/aromatic N) is 5. The molecule has 1 aromatic carbocycles. The summed E-state index contributed by atoms with van der Waals surface area (Å²) in [7, 11) is 3.67. The number of methoxy groups -OCH3 is 1. The number of amides is 2. The molecule has 0 aliphatic carbocycles. The Balaban J connectivity index is 1.43. The third kappa shape index (κ3) is 6.17. The van der Waals surface area contributed by atoms with Crippen molar-refractivity contribution < 1.29 is 14.3 Å². The average molecular weight is 516 g/mol. The lowest BCUT2D eigenvalue weighted by molar-refractivity contribution is -0.128. The monoisotopic (exact) mass is 515 g/mol. The molecule has 2 aliphatic heterocycles. The number of benzene rings is 1. The maximum absolute atomic E-state index is 12.8. The molecule has 2 amide bonds. The number of carbonyl (C=O) groups excluding carboxylic acids is 2. The summed E-state index contributed by atoms with van der Waals surface area (Å²) >= 11 is 5.69. The molecule has 2 aliphatic rings. The summed E-state index contributed by atoms with van der Waals surface area (Å²) in [6.45, 7) is 6.48. The fourth-order valence-corrected chi connectivity index (χ4v) is 4.71. The lowest BCUT2D eigenvalue weighted by Gasteiger charge is -2.35. The van der Waals surface area contributed by atoms with Crippen LogP contribution >= 0.6 is 11.6 Å². The summed E-state index contributed by atoms with van der Waals surface area (Å²) in [6.07, 6.45) is 3.67. The van der Waals surface area contributed by atoms with Gasteiger partial charge in [0.1, 0.15) is 17.4 Å². The van der Waals surface area contributed by atoms with Crippen molar-refractivity contribution in [2.45, 2.75) is 25.8 Å².